The summed E-state index contributed by atoms with van der Waals surface area (Å²) < 4.78 is 82.9. The minimum absolute atomic E-state index is 0.187. The van der Waals surface area contributed by atoms with Crippen LogP contribution in [0.1, 0.15) is 0 Å². The van der Waals surface area contributed by atoms with Crippen LogP contribution in [0.15, 0.2) is 7.57 Å². The Morgan fingerprint density at radius 1 is 0.462 bits per heavy atom. The van der Waals surface area contributed by atoms with Gasteiger partial charge in [0.2, 0.25) is 0 Å². The summed E-state index contributed by atoms with van der Waals surface area (Å²) >= 11 is 4.55. The van der Waals surface area contributed by atoms with Gasteiger partial charge in [-0.15, -0.1) is 22.7 Å². The van der Waals surface area contributed by atoms with Gasteiger partial charge in [-0.1, -0.05) is 39.3 Å². The standard InChI is InChI=1S/C10H18F2SSi2.C4Br2F2S.C4F2S.6CH3.2Sn/c1-14(2,3)9-7(11)8(12)10(13-9)15(4,5)6;5-3-1(7)2(8)4(6)9-3;5-3-1-7-2-4(3)6;;;;;;;;/h1-6H3;;;6*1H3;;. The number of hydrogen-bond acceptors (Lipinski definition) is 3. The molecule has 0 aromatic carbocycles. The van der Waals surface area contributed by atoms with Gasteiger partial charge in [-0.25, -0.2) is 17.6 Å². The van der Waals surface area contributed by atoms with Crippen LogP contribution in [0.5, 0.6) is 0 Å². The van der Waals surface area contributed by atoms with Crippen LogP contribution in [-0.4, -0.2) is 52.9 Å². The minimum atomic E-state index is -2.46. The Hall–Kier alpha value is 1.67. The molecule has 0 aliphatic carbocycles. The summed E-state index contributed by atoms with van der Waals surface area (Å²) in [6.45, 7) is 12.3. The van der Waals surface area contributed by atoms with Crippen molar-refractivity contribution in [1.82, 2.24) is 0 Å². The second-order valence-corrected chi connectivity index (χ2v) is 60.1. The molecule has 3 aromatic rings. The van der Waals surface area contributed by atoms with Crippen LogP contribution in [0, 0.1) is 34.9 Å². The molecule has 0 amide bonds. The zero-order valence-electron chi connectivity index (χ0n) is 24.2. The Bertz CT molecular complexity index is 1130. The molecule has 3 heterocycles. The third-order valence-electron chi connectivity index (χ3n) is 5.03. The average Bonchev–Trinajstić information content (AvgIpc) is 3.30. The second-order valence-electron chi connectivity index (χ2n) is 13.1. The molecule has 0 N–H and O–H groups in total. The van der Waals surface area contributed by atoms with Crippen molar-refractivity contribution >= 4 is 134 Å². The summed E-state index contributed by atoms with van der Waals surface area (Å²) in [5.41, 5.74) is 0. The molecular formula is C24H36Br2F6S3Si2Sn2. The van der Waals surface area contributed by atoms with Gasteiger partial charge in [-0.2, -0.15) is 0 Å². The Labute approximate surface area is 268 Å². The van der Waals surface area contributed by atoms with Gasteiger partial charge in [-0.05, 0) is 31.9 Å². The number of rotatable bonds is 4. The second kappa shape index (κ2) is 14.2. The van der Waals surface area contributed by atoms with Crippen molar-refractivity contribution in [2.75, 3.05) is 0 Å². The van der Waals surface area contributed by atoms with Gasteiger partial charge in [0.1, 0.15) is 7.57 Å². The first-order valence-electron chi connectivity index (χ1n) is 12.0. The molecule has 15 heteroatoms. The van der Waals surface area contributed by atoms with E-state index in [1.807, 2.05) is 0 Å². The fourth-order valence-electron chi connectivity index (χ4n) is 3.05. The van der Waals surface area contributed by atoms with E-state index >= 15 is 0 Å². The van der Waals surface area contributed by atoms with Gasteiger partial charge in [-0.3, -0.25) is 0 Å². The molecular weight excluding hydrogens is 952 g/mol. The van der Waals surface area contributed by atoms with E-state index in [9.17, 15) is 26.3 Å². The molecule has 0 aliphatic heterocycles. The third kappa shape index (κ3) is 10.4. The van der Waals surface area contributed by atoms with E-state index in [4.69, 9.17) is 0 Å². The predicted molar refractivity (Wildman–Crippen MR) is 180 cm³/mol. The Morgan fingerprint density at radius 2 is 0.744 bits per heavy atom. The Balaban J connectivity index is 0.000000302. The molecule has 0 atom stereocenters. The summed E-state index contributed by atoms with van der Waals surface area (Å²) in [4.78, 5) is 12.8. The van der Waals surface area contributed by atoms with Crippen LogP contribution in [0.25, 0.3) is 0 Å². The first-order valence-corrected chi connectivity index (χ1v) is 43.0. The van der Waals surface area contributed by atoms with E-state index in [0.717, 1.165) is 17.1 Å². The monoisotopic (exact) mass is 988 g/mol. The zero-order chi connectivity index (χ0) is 31.0. The number of halogens is 8. The molecule has 0 nitrogen and oxygen atoms in total. The van der Waals surface area contributed by atoms with Crippen molar-refractivity contribution in [1.29, 1.82) is 0 Å². The van der Waals surface area contributed by atoms with E-state index in [-0.39, 0.29) is 7.57 Å². The summed E-state index contributed by atoms with van der Waals surface area (Å²) in [6.07, 6.45) is 0. The fourth-order valence-corrected chi connectivity index (χ4v) is 26.1. The van der Waals surface area contributed by atoms with Crippen molar-refractivity contribution < 1.29 is 26.3 Å². The normalized spacial score (nSPS) is 12.6. The van der Waals surface area contributed by atoms with Crippen LogP contribution in [0.2, 0.25) is 68.9 Å². The molecule has 0 spiro atoms. The maximum atomic E-state index is 13.8. The van der Waals surface area contributed by atoms with Crippen LogP contribution in [-0.2, 0) is 0 Å². The summed E-state index contributed by atoms with van der Waals surface area (Å²) in [5.74, 6) is -3.85. The topological polar surface area (TPSA) is 0 Å². The molecule has 0 fully saturated rings. The van der Waals surface area contributed by atoms with Crippen LogP contribution < -0.4 is 14.8 Å². The maximum absolute atomic E-state index is 13.8. The van der Waals surface area contributed by atoms with Gasteiger partial charge in [0.05, 0.1) is 16.1 Å². The van der Waals surface area contributed by atoms with Gasteiger partial charge in [0, 0.05) is 9.00 Å². The van der Waals surface area contributed by atoms with Crippen LogP contribution in [0.3, 0.4) is 0 Å². The molecule has 0 saturated heterocycles. The SMILES string of the molecule is C[Si](C)(C)c1sc([Si](C)(C)C)c(F)c1F.Fc1c(Br)sc(Br)c1F.[CH3][Sn]([CH3])([CH3])[c]1s[c]([Sn]([CH3])([CH3])[CH3])c(F)c1F. The molecule has 39 heavy (non-hydrogen) atoms. The molecule has 0 aliphatic rings. The molecule has 0 saturated carbocycles. The molecule has 0 radical (unpaired) electrons. The van der Waals surface area contributed by atoms with Crippen molar-refractivity contribution in [2.24, 2.45) is 0 Å². The number of hydrogen-bond donors (Lipinski definition) is 0. The fraction of sp³-hybridized carbons (Fsp3) is 0.500. The predicted octanol–water partition coefficient (Wildman–Crippen LogP) is 9.78. The van der Waals surface area contributed by atoms with Crippen LogP contribution in [0.4, 0.5) is 26.3 Å². The summed E-state index contributed by atoms with van der Waals surface area (Å²) in [7, 11) is -3.48. The van der Waals surface area contributed by atoms with E-state index in [1.54, 1.807) is 0 Å². The van der Waals surface area contributed by atoms with E-state index in [0.29, 0.717) is 9.00 Å². The van der Waals surface area contributed by atoms with E-state index < -0.39 is 87.8 Å². The molecule has 222 valence electrons. The van der Waals surface area contributed by atoms with Gasteiger partial charge in [0.15, 0.2) is 23.3 Å². The van der Waals surface area contributed by atoms with E-state index in [2.05, 4.69) is 101 Å². The van der Waals surface area contributed by atoms with Crippen molar-refractivity contribution in [3.05, 3.63) is 42.5 Å². The molecule has 3 aromatic heterocycles. The van der Waals surface area contributed by atoms with Crippen LogP contribution >= 0.6 is 65.9 Å². The average molecular weight is 988 g/mol. The van der Waals surface area contributed by atoms with E-state index in [1.165, 1.54) is 22.7 Å². The zero-order valence-corrected chi connectivity index (χ0v) is 37.6. The van der Waals surface area contributed by atoms with Crippen molar-refractivity contribution in [2.45, 2.75) is 68.9 Å². The van der Waals surface area contributed by atoms with Gasteiger partial charge in [0.25, 0.3) is 0 Å². The molecule has 3 rings (SSSR count). The quantitative estimate of drug-likeness (QED) is 0.181. The summed E-state index contributed by atoms with van der Waals surface area (Å²) in [6, 6.07) is 0. The van der Waals surface area contributed by atoms with Gasteiger partial charge < -0.3 is 0 Å². The Kier molecular flexibility index (Phi) is 14.1. The third-order valence-corrected chi connectivity index (χ3v) is 35.4. The number of thiophene rings is 3. The Morgan fingerprint density at radius 3 is 0.872 bits per heavy atom. The molecule has 0 unspecified atom stereocenters. The molecule has 0 bridgehead atoms. The summed E-state index contributed by atoms with van der Waals surface area (Å²) in [5, 5.41) is 0. The first-order chi connectivity index (χ1) is 17.2. The first kappa shape index (κ1) is 38.7. The van der Waals surface area contributed by atoms with Gasteiger partial charge >= 0.3 is 104 Å². The van der Waals surface area contributed by atoms with Crippen molar-refractivity contribution in [3.8, 4) is 0 Å². The van der Waals surface area contributed by atoms with Crippen molar-refractivity contribution in [3.63, 3.8) is 0 Å².